The topological polar surface area (TPSA) is 90.0 Å². The zero-order valence-electron chi connectivity index (χ0n) is 15.1. The lowest BCUT2D eigenvalue weighted by molar-refractivity contribution is 0.0948. The van der Waals surface area contributed by atoms with Gasteiger partial charge in [-0.15, -0.1) is 11.3 Å². The van der Waals surface area contributed by atoms with E-state index in [1.165, 1.54) is 11.3 Å². The maximum atomic E-state index is 12.8. The lowest BCUT2D eigenvalue weighted by Crippen LogP contribution is -2.23. The molecule has 0 aliphatic carbocycles. The van der Waals surface area contributed by atoms with E-state index in [2.05, 4.69) is 25.3 Å². The molecule has 5 rings (SSSR count). The number of aromatic nitrogens is 6. The number of carbonyl (C=O) groups is 1. The fourth-order valence-electron chi connectivity index (χ4n) is 3.04. The smallest absolute Gasteiger partial charge is 0.272 e. The minimum absolute atomic E-state index is 0.247. The van der Waals surface area contributed by atoms with Gasteiger partial charge in [-0.2, -0.15) is 0 Å². The van der Waals surface area contributed by atoms with E-state index in [-0.39, 0.29) is 5.91 Å². The third-order valence-corrected chi connectivity index (χ3v) is 5.18. The number of nitrogens with one attached hydrogen (secondary N) is 1. The summed E-state index contributed by atoms with van der Waals surface area (Å²) in [6.45, 7) is 0.381. The van der Waals surface area contributed by atoms with E-state index >= 15 is 0 Å². The number of hydrogen-bond acceptors (Lipinski definition) is 6. The van der Waals surface area contributed by atoms with Gasteiger partial charge in [0.05, 0.1) is 5.52 Å². The Morgan fingerprint density at radius 3 is 2.93 bits per heavy atom. The molecule has 0 saturated heterocycles. The number of thiazole rings is 1. The molecule has 0 fully saturated rings. The molecule has 0 radical (unpaired) electrons. The van der Waals surface area contributed by atoms with Gasteiger partial charge in [0, 0.05) is 42.9 Å². The predicted molar refractivity (Wildman–Crippen MR) is 109 cm³/mol. The Morgan fingerprint density at radius 2 is 2.10 bits per heavy atom. The van der Waals surface area contributed by atoms with Crippen LogP contribution in [0.25, 0.3) is 22.2 Å². The fourth-order valence-corrected chi connectivity index (χ4v) is 3.63. The van der Waals surface area contributed by atoms with Crippen LogP contribution in [0.15, 0.2) is 73.0 Å². The van der Waals surface area contributed by atoms with Crippen LogP contribution < -0.4 is 5.32 Å². The van der Waals surface area contributed by atoms with Gasteiger partial charge in [-0.1, -0.05) is 12.1 Å². The summed E-state index contributed by atoms with van der Waals surface area (Å²) < 4.78 is 3.71. The number of amides is 1. The second-order valence-electron chi connectivity index (χ2n) is 6.26. The van der Waals surface area contributed by atoms with Gasteiger partial charge in [-0.05, 0) is 23.8 Å². The highest BCUT2D eigenvalue weighted by molar-refractivity contribution is 7.12. The summed E-state index contributed by atoms with van der Waals surface area (Å²) in [5, 5.41) is 5.64. The molecule has 0 aliphatic rings. The molecule has 1 amide bonds. The summed E-state index contributed by atoms with van der Waals surface area (Å²) in [5.41, 5.74) is 2.66. The van der Waals surface area contributed by atoms with Crippen molar-refractivity contribution >= 4 is 22.8 Å². The average molecular weight is 401 g/mol. The zero-order chi connectivity index (χ0) is 19.6. The number of imidazole rings is 2. The first kappa shape index (κ1) is 17.3. The van der Waals surface area contributed by atoms with Crippen molar-refractivity contribution < 1.29 is 4.79 Å². The molecule has 0 atom stereocenters. The quantitative estimate of drug-likeness (QED) is 0.489. The van der Waals surface area contributed by atoms with Gasteiger partial charge in [-0.25, -0.2) is 15.0 Å². The standard InChI is InChI=1S/C20H15N7OS/c28-19(23-11-14-4-3-6-21-10-14)17-16-5-1-2-8-27(16)18(25-17)15-12-26(13-24-15)20-22-7-9-29-20/h1-10,12-13H,11H2,(H,23,28). The van der Waals surface area contributed by atoms with E-state index in [0.29, 0.717) is 23.8 Å². The van der Waals surface area contributed by atoms with E-state index in [0.717, 1.165) is 16.2 Å². The van der Waals surface area contributed by atoms with E-state index < -0.39 is 0 Å². The number of fused-ring (bicyclic) bond motifs is 1. The summed E-state index contributed by atoms with van der Waals surface area (Å²) in [6, 6.07) is 9.40. The Bertz CT molecular complexity index is 1270. The molecule has 29 heavy (non-hydrogen) atoms. The van der Waals surface area contributed by atoms with Gasteiger partial charge in [0.2, 0.25) is 0 Å². The molecular weight excluding hydrogens is 386 g/mol. The number of hydrogen-bond donors (Lipinski definition) is 1. The maximum Gasteiger partial charge on any atom is 0.272 e. The van der Waals surface area contributed by atoms with Crippen molar-refractivity contribution in [1.29, 1.82) is 0 Å². The van der Waals surface area contributed by atoms with Gasteiger partial charge >= 0.3 is 0 Å². The first-order valence-corrected chi connectivity index (χ1v) is 9.76. The van der Waals surface area contributed by atoms with E-state index in [4.69, 9.17) is 0 Å². The van der Waals surface area contributed by atoms with Crippen LogP contribution in [-0.4, -0.2) is 34.8 Å². The molecule has 0 spiro atoms. The maximum absolute atomic E-state index is 12.8. The molecule has 5 aromatic heterocycles. The Balaban J connectivity index is 1.49. The second-order valence-corrected chi connectivity index (χ2v) is 7.14. The van der Waals surface area contributed by atoms with E-state index in [1.807, 2.05) is 57.1 Å². The normalized spacial score (nSPS) is 11.0. The molecule has 1 N–H and O–H groups in total. The molecule has 8 nitrogen and oxygen atoms in total. The molecule has 0 saturated carbocycles. The molecule has 0 aromatic carbocycles. The molecule has 9 heteroatoms. The van der Waals surface area contributed by atoms with Gasteiger partial charge in [0.1, 0.15) is 12.0 Å². The first-order valence-electron chi connectivity index (χ1n) is 8.88. The van der Waals surface area contributed by atoms with Gasteiger partial charge in [0.25, 0.3) is 5.91 Å². The van der Waals surface area contributed by atoms with E-state index in [9.17, 15) is 4.79 Å². The van der Waals surface area contributed by atoms with Gasteiger partial charge in [-0.3, -0.25) is 18.7 Å². The van der Waals surface area contributed by atoms with Gasteiger partial charge < -0.3 is 5.32 Å². The predicted octanol–water partition coefficient (Wildman–Crippen LogP) is 2.97. The van der Waals surface area contributed by atoms with Crippen LogP contribution >= 0.6 is 11.3 Å². The second kappa shape index (κ2) is 7.28. The van der Waals surface area contributed by atoms with Gasteiger partial charge in [0.15, 0.2) is 16.6 Å². The summed E-state index contributed by atoms with van der Waals surface area (Å²) in [6.07, 6.45) is 10.6. The van der Waals surface area contributed by atoms with Crippen molar-refractivity contribution in [2.45, 2.75) is 6.54 Å². The summed E-state index contributed by atoms with van der Waals surface area (Å²) >= 11 is 1.52. The Hall–Kier alpha value is -3.85. The highest BCUT2D eigenvalue weighted by atomic mass is 32.1. The first-order chi connectivity index (χ1) is 14.3. The minimum atomic E-state index is -0.247. The average Bonchev–Trinajstić information content (AvgIpc) is 3.51. The van der Waals surface area contributed by atoms with Crippen molar-refractivity contribution in [1.82, 2.24) is 34.2 Å². The van der Waals surface area contributed by atoms with Crippen LogP contribution in [0.5, 0.6) is 0 Å². The third kappa shape index (κ3) is 3.27. The lowest BCUT2D eigenvalue weighted by Gasteiger charge is -2.03. The van der Waals surface area contributed by atoms with Crippen LogP contribution in [-0.2, 0) is 6.54 Å². The zero-order valence-corrected chi connectivity index (χ0v) is 16.0. The van der Waals surface area contributed by atoms with Crippen molar-refractivity contribution in [3.63, 3.8) is 0 Å². The molecule has 5 aromatic rings. The third-order valence-electron chi connectivity index (χ3n) is 4.39. The molecule has 0 bridgehead atoms. The summed E-state index contributed by atoms with van der Waals surface area (Å²) in [7, 11) is 0. The molecule has 0 aliphatic heterocycles. The SMILES string of the molecule is O=C(NCc1cccnc1)c1nc(-c2cn(-c3nccs3)cn2)n2ccccc12. The number of carbonyl (C=O) groups excluding carboxylic acids is 1. The minimum Gasteiger partial charge on any atom is -0.346 e. The largest absolute Gasteiger partial charge is 0.346 e. The molecule has 142 valence electrons. The Morgan fingerprint density at radius 1 is 1.14 bits per heavy atom. The van der Waals surface area contributed by atoms with Crippen molar-refractivity contribution in [2.75, 3.05) is 0 Å². The summed E-state index contributed by atoms with van der Waals surface area (Å²) in [4.78, 5) is 30.3. The number of rotatable bonds is 5. The van der Waals surface area contributed by atoms with Crippen LogP contribution in [0.3, 0.4) is 0 Å². The number of nitrogens with zero attached hydrogens (tertiary/aromatic N) is 6. The van der Waals surface area contributed by atoms with Crippen LogP contribution in [0.4, 0.5) is 0 Å². The lowest BCUT2D eigenvalue weighted by atomic mass is 10.2. The van der Waals surface area contributed by atoms with Crippen LogP contribution in [0.2, 0.25) is 0 Å². The monoisotopic (exact) mass is 401 g/mol. The van der Waals surface area contributed by atoms with Crippen LogP contribution in [0.1, 0.15) is 16.1 Å². The van der Waals surface area contributed by atoms with E-state index in [1.54, 1.807) is 24.9 Å². The summed E-state index contributed by atoms with van der Waals surface area (Å²) in [5.74, 6) is 0.352. The molecule has 5 heterocycles. The highest BCUT2D eigenvalue weighted by Gasteiger charge is 2.19. The van der Waals surface area contributed by atoms with Crippen molar-refractivity contribution in [3.8, 4) is 16.6 Å². The Labute approximate surface area is 169 Å². The Kier molecular flexibility index (Phi) is 4.34. The number of pyridine rings is 2. The fraction of sp³-hybridized carbons (Fsp3) is 0.0500. The highest BCUT2D eigenvalue weighted by Crippen LogP contribution is 2.23. The molecular formula is C20H15N7OS. The van der Waals surface area contributed by atoms with Crippen molar-refractivity contribution in [3.05, 3.63) is 84.3 Å². The van der Waals surface area contributed by atoms with Crippen LogP contribution in [0, 0.1) is 0 Å². The van der Waals surface area contributed by atoms with Crippen molar-refractivity contribution in [2.24, 2.45) is 0 Å². The molecule has 0 unspecified atom stereocenters.